The molecule has 0 saturated heterocycles. The zero-order valence-corrected chi connectivity index (χ0v) is 14.6. The Balaban J connectivity index is 2.41. The highest BCUT2D eigenvalue weighted by molar-refractivity contribution is 6.05. The number of phenolic OH excluding ortho intramolecular Hbond substituents is 1. The van der Waals surface area contributed by atoms with Crippen LogP contribution >= 0.6 is 0 Å². The molecule has 0 aliphatic heterocycles. The first-order valence-electron chi connectivity index (χ1n) is 8.35. The highest BCUT2D eigenvalue weighted by Crippen LogP contribution is 2.21. The molecule has 0 aromatic heterocycles. The molecule has 24 heavy (non-hydrogen) atoms. The van der Waals surface area contributed by atoms with E-state index in [2.05, 4.69) is 47.4 Å². The molecule has 0 heterocycles. The number of nitrogens with one attached hydrogen (secondary N) is 1. The summed E-state index contributed by atoms with van der Waals surface area (Å²) >= 11 is 0. The van der Waals surface area contributed by atoms with Gasteiger partial charge in [-0.25, -0.2) is 4.99 Å². The van der Waals surface area contributed by atoms with Crippen molar-refractivity contribution in [1.82, 2.24) is 5.32 Å². The van der Waals surface area contributed by atoms with Gasteiger partial charge in [0, 0.05) is 12.2 Å². The Hall–Kier alpha value is -2.62. The largest absolute Gasteiger partial charge is 0.507 e. The van der Waals surface area contributed by atoms with Crippen LogP contribution in [0.1, 0.15) is 39.2 Å². The van der Waals surface area contributed by atoms with E-state index in [0.29, 0.717) is 17.9 Å². The van der Waals surface area contributed by atoms with Crippen molar-refractivity contribution >= 4 is 12.2 Å². The molecule has 0 bridgehead atoms. The molecule has 1 aromatic rings. The fraction of sp³-hybridized carbons (Fsp3) is 0.300. The van der Waals surface area contributed by atoms with E-state index in [0.717, 1.165) is 18.5 Å². The van der Waals surface area contributed by atoms with Gasteiger partial charge in [-0.3, -0.25) is 4.99 Å². The van der Waals surface area contributed by atoms with Gasteiger partial charge in [0.1, 0.15) is 17.9 Å². The molecule has 0 radical (unpaired) electrons. The SMILES string of the molecule is CCN=CN=C(NC1=CC(C)=CCC=C1CC)c1ccccc1O. The number of para-hydroxylation sites is 1. The van der Waals surface area contributed by atoms with Crippen molar-refractivity contribution in [2.24, 2.45) is 9.98 Å². The fourth-order valence-corrected chi connectivity index (χ4v) is 2.48. The number of benzene rings is 1. The van der Waals surface area contributed by atoms with E-state index in [1.807, 2.05) is 19.1 Å². The summed E-state index contributed by atoms with van der Waals surface area (Å²) < 4.78 is 0. The molecule has 1 aliphatic rings. The third-order valence-corrected chi connectivity index (χ3v) is 3.77. The zero-order chi connectivity index (χ0) is 17.4. The quantitative estimate of drug-likeness (QED) is 0.625. The first-order valence-corrected chi connectivity index (χ1v) is 8.35. The number of phenols is 1. The Bertz CT molecular complexity index is 724. The lowest BCUT2D eigenvalue weighted by atomic mass is 10.1. The zero-order valence-electron chi connectivity index (χ0n) is 14.6. The Morgan fingerprint density at radius 1 is 1.25 bits per heavy atom. The number of aliphatic imine (C=N–C) groups is 2. The number of hydrogen-bond acceptors (Lipinski definition) is 2. The van der Waals surface area contributed by atoms with Crippen molar-refractivity contribution in [2.45, 2.75) is 33.6 Å². The topological polar surface area (TPSA) is 57.0 Å². The first kappa shape index (κ1) is 17.7. The molecule has 0 saturated carbocycles. The predicted molar refractivity (Wildman–Crippen MR) is 102 cm³/mol. The molecule has 2 rings (SSSR count). The fourth-order valence-electron chi connectivity index (χ4n) is 2.48. The maximum atomic E-state index is 10.2. The number of allylic oxidation sites excluding steroid dienone is 5. The summed E-state index contributed by atoms with van der Waals surface area (Å²) in [5.74, 6) is 0.780. The van der Waals surface area contributed by atoms with Gasteiger partial charge >= 0.3 is 0 Å². The molecule has 0 spiro atoms. The predicted octanol–water partition coefficient (Wildman–Crippen LogP) is 4.35. The van der Waals surface area contributed by atoms with Crippen molar-refractivity contribution in [3.05, 3.63) is 64.9 Å². The van der Waals surface area contributed by atoms with Gasteiger partial charge in [-0.15, -0.1) is 0 Å². The Morgan fingerprint density at radius 2 is 2.04 bits per heavy atom. The molecule has 0 amide bonds. The molecule has 1 aromatic carbocycles. The average molecular weight is 323 g/mol. The van der Waals surface area contributed by atoms with Gasteiger partial charge in [0.15, 0.2) is 0 Å². The van der Waals surface area contributed by atoms with E-state index < -0.39 is 0 Å². The molecule has 4 heteroatoms. The van der Waals surface area contributed by atoms with Crippen LogP contribution in [0.5, 0.6) is 5.75 Å². The molecular weight excluding hydrogens is 298 g/mol. The average Bonchev–Trinajstić information content (AvgIpc) is 2.75. The number of rotatable bonds is 5. The van der Waals surface area contributed by atoms with Gasteiger partial charge in [0.05, 0.1) is 5.56 Å². The lowest BCUT2D eigenvalue weighted by molar-refractivity contribution is 0.474. The number of nitrogens with zero attached hydrogens (tertiary/aromatic N) is 2. The summed E-state index contributed by atoms with van der Waals surface area (Å²) in [7, 11) is 0. The lowest BCUT2D eigenvalue weighted by Crippen LogP contribution is -2.25. The smallest absolute Gasteiger partial charge is 0.143 e. The van der Waals surface area contributed by atoms with E-state index in [9.17, 15) is 5.11 Å². The number of aromatic hydroxyl groups is 1. The Morgan fingerprint density at radius 3 is 2.75 bits per heavy atom. The second-order valence-corrected chi connectivity index (χ2v) is 5.56. The van der Waals surface area contributed by atoms with Gasteiger partial charge in [-0.05, 0) is 50.5 Å². The first-order chi connectivity index (χ1) is 11.7. The molecule has 0 unspecified atom stereocenters. The third kappa shape index (κ3) is 4.69. The van der Waals surface area contributed by atoms with E-state index in [4.69, 9.17) is 0 Å². The van der Waals surface area contributed by atoms with E-state index in [-0.39, 0.29) is 5.75 Å². The molecule has 4 nitrogen and oxygen atoms in total. The van der Waals surface area contributed by atoms with E-state index in [1.165, 1.54) is 17.5 Å². The summed E-state index contributed by atoms with van der Waals surface area (Å²) in [6.45, 7) is 6.85. The van der Waals surface area contributed by atoms with Gasteiger partial charge in [-0.1, -0.05) is 36.8 Å². The number of hydrogen-bond donors (Lipinski definition) is 2. The van der Waals surface area contributed by atoms with Crippen LogP contribution in [0.2, 0.25) is 0 Å². The van der Waals surface area contributed by atoms with Gasteiger partial charge in [0.25, 0.3) is 0 Å². The molecule has 2 N–H and O–H groups in total. The maximum absolute atomic E-state index is 10.2. The summed E-state index contributed by atoms with van der Waals surface area (Å²) in [6, 6.07) is 7.18. The highest BCUT2D eigenvalue weighted by Gasteiger charge is 2.13. The van der Waals surface area contributed by atoms with Crippen LogP contribution < -0.4 is 5.32 Å². The summed E-state index contributed by atoms with van der Waals surface area (Å²) in [5, 5.41) is 13.6. The molecular formula is C20H25N3O. The van der Waals surface area contributed by atoms with Gasteiger partial charge in [-0.2, -0.15) is 0 Å². The highest BCUT2D eigenvalue weighted by atomic mass is 16.3. The van der Waals surface area contributed by atoms with Crippen molar-refractivity contribution < 1.29 is 5.11 Å². The van der Waals surface area contributed by atoms with Gasteiger partial charge in [0.2, 0.25) is 0 Å². The Kier molecular flexibility index (Phi) is 6.55. The van der Waals surface area contributed by atoms with Crippen molar-refractivity contribution in [3.63, 3.8) is 0 Å². The molecule has 126 valence electrons. The minimum absolute atomic E-state index is 0.192. The Labute approximate surface area is 144 Å². The van der Waals surface area contributed by atoms with Crippen molar-refractivity contribution in [2.75, 3.05) is 6.54 Å². The molecule has 1 aliphatic carbocycles. The van der Waals surface area contributed by atoms with Crippen molar-refractivity contribution in [3.8, 4) is 5.75 Å². The maximum Gasteiger partial charge on any atom is 0.143 e. The third-order valence-electron chi connectivity index (χ3n) is 3.77. The summed E-state index contributed by atoms with van der Waals surface area (Å²) in [5.41, 5.74) is 4.10. The monoisotopic (exact) mass is 323 g/mol. The second kappa shape index (κ2) is 8.87. The van der Waals surface area contributed by atoms with Crippen LogP contribution in [-0.4, -0.2) is 23.8 Å². The van der Waals surface area contributed by atoms with E-state index >= 15 is 0 Å². The molecule has 0 atom stereocenters. The normalized spacial score (nSPS) is 15.6. The van der Waals surface area contributed by atoms with Crippen LogP contribution in [0.15, 0.2) is 69.3 Å². The van der Waals surface area contributed by atoms with Crippen LogP contribution in [0.25, 0.3) is 0 Å². The second-order valence-electron chi connectivity index (χ2n) is 5.56. The van der Waals surface area contributed by atoms with E-state index in [1.54, 1.807) is 12.1 Å². The summed E-state index contributed by atoms with van der Waals surface area (Å²) in [4.78, 5) is 8.58. The standard InChI is InChI=1S/C20H25N3O/c1-4-16-10-8-9-15(3)13-18(16)23-20(22-14-21-5-2)17-11-6-7-12-19(17)24/h6-7,9-14,24H,4-5,8H2,1-3H3,(H,21,22,23). The van der Waals surface area contributed by atoms with Crippen LogP contribution in [0, 0.1) is 0 Å². The molecule has 0 fully saturated rings. The van der Waals surface area contributed by atoms with Gasteiger partial charge < -0.3 is 10.4 Å². The minimum atomic E-state index is 0.192. The van der Waals surface area contributed by atoms with Crippen molar-refractivity contribution in [1.29, 1.82) is 0 Å². The minimum Gasteiger partial charge on any atom is -0.507 e. The number of amidine groups is 1. The lowest BCUT2D eigenvalue weighted by Gasteiger charge is -2.16. The van der Waals surface area contributed by atoms with Crippen LogP contribution in [0.3, 0.4) is 0 Å². The van der Waals surface area contributed by atoms with Crippen LogP contribution in [-0.2, 0) is 0 Å². The van der Waals surface area contributed by atoms with Crippen LogP contribution in [0.4, 0.5) is 0 Å². The summed E-state index contributed by atoms with van der Waals surface area (Å²) in [6.07, 6.45) is 9.92.